The molecule has 33 heavy (non-hydrogen) atoms. The van der Waals surface area contributed by atoms with Crippen molar-refractivity contribution in [2.24, 2.45) is 0 Å². The second-order valence-corrected chi connectivity index (χ2v) is 10.7. The van der Waals surface area contributed by atoms with Gasteiger partial charge in [0.25, 0.3) is 14.1 Å². The Morgan fingerprint density at radius 2 is 2.09 bits per heavy atom. The Balaban J connectivity index is 1.29. The Hall–Kier alpha value is -1.87. The molecule has 2 aromatic rings. The van der Waals surface area contributed by atoms with E-state index < -0.39 is 37.7 Å². The van der Waals surface area contributed by atoms with E-state index >= 15 is 0 Å². The lowest BCUT2D eigenvalue weighted by Crippen LogP contribution is -2.42. The summed E-state index contributed by atoms with van der Waals surface area (Å²) in [6, 6.07) is 10.6. The van der Waals surface area contributed by atoms with Crippen molar-refractivity contribution < 1.29 is 18.5 Å². The number of aryl methyl sites for hydroxylation is 1. The molecule has 0 amide bonds. The largest absolute Gasteiger partial charge is 0.368 e. The third-order valence-corrected chi connectivity index (χ3v) is 9.09. The van der Waals surface area contributed by atoms with E-state index in [0.717, 1.165) is 19.4 Å². The van der Waals surface area contributed by atoms with Gasteiger partial charge in [0.2, 0.25) is 0 Å². The predicted molar refractivity (Wildman–Crippen MR) is 121 cm³/mol. The molecule has 9 nitrogen and oxygen atoms in total. The van der Waals surface area contributed by atoms with Crippen molar-refractivity contribution in [3.05, 3.63) is 68.5 Å². The van der Waals surface area contributed by atoms with Crippen LogP contribution in [0, 0.1) is 6.92 Å². The van der Waals surface area contributed by atoms with Gasteiger partial charge in [0.15, 0.2) is 6.23 Å². The number of H-pyrrole nitrogens is 1. The number of ether oxygens (including phenoxy) is 2. The van der Waals surface area contributed by atoms with E-state index in [4.69, 9.17) is 18.5 Å². The molecule has 1 aromatic heterocycles. The molecular weight excluding hydrogens is 445 g/mol. The highest BCUT2D eigenvalue weighted by molar-refractivity contribution is 7.45. The lowest BCUT2D eigenvalue weighted by Gasteiger charge is -2.31. The van der Waals surface area contributed by atoms with Gasteiger partial charge >= 0.3 is 5.69 Å². The van der Waals surface area contributed by atoms with Crippen LogP contribution in [0.4, 0.5) is 0 Å². The summed E-state index contributed by atoms with van der Waals surface area (Å²) in [5, 5.41) is 0. The van der Waals surface area contributed by atoms with Crippen molar-refractivity contribution in [3.63, 3.8) is 0 Å². The number of fused-ring (bicyclic) bond motifs is 3. The molecule has 4 fully saturated rings. The third kappa shape index (κ3) is 3.37. The molecule has 1 unspecified atom stereocenters. The van der Waals surface area contributed by atoms with E-state index in [0.29, 0.717) is 24.6 Å². The minimum Gasteiger partial charge on any atom is -0.368 e. The first-order valence-electron chi connectivity index (χ1n) is 11.6. The van der Waals surface area contributed by atoms with E-state index in [1.807, 2.05) is 25.1 Å². The topological polar surface area (TPSA) is 95.0 Å². The monoisotopic (exact) mass is 473 g/mol. The zero-order chi connectivity index (χ0) is 22.7. The average molecular weight is 473 g/mol. The minimum absolute atomic E-state index is 0.0152. The first-order chi connectivity index (χ1) is 16.0. The molecule has 0 spiro atoms. The normalized spacial score (nSPS) is 37.6. The fraction of sp³-hybridized carbons (Fsp3) is 0.565. The van der Waals surface area contributed by atoms with Gasteiger partial charge in [-0.3, -0.25) is 14.3 Å². The maximum absolute atomic E-state index is 12.6. The lowest BCUT2D eigenvalue weighted by atomic mass is 9.96. The maximum atomic E-state index is 12.6. The number of hydrogen-bond acceptors (Lipinski definition) is 7. The standard InChI is InChI=1S/C23H28N3O6P/c1-3-23-13-29-18(21(30-23)25-12-14(2)20(27)24-22(25)28)19(23)32-33-26-11-7-10-16(26)17(31-33)15-8-5-4-6-9-15/h4-6,8-9,12,16-19,21H,3,7,10-11,13H2,1-2H3,(H,24,27,28)/t16-,17+,18?,19+,21+,23-,33+/m0/s1. The van der Waals surface area contributed by atoms with Gasteiger partial charge in [-0.25, -0.2) is 9.46 Å². The van der Waals surface area contributed by atoms with Gasteiger partial charge < -0.3 is 18.5 Å². The van der Waals surface area contributed by atoms with Gasteiger partial charge in [-0.2, -0.15) is 0 Å². The highest BCUT2D eigenvalue weighted by Gasteiger charge is 2.64. The summed E-state index contributed by atoms with van der Waals surface area (Å²) in [6.07, 6.45) is 2.91. The molecular formula is C23H28N3O6P. The van der Waals surface area contributed by atoms with Crippen LogP contribution >= 0.6 is 8.53 Å². The quantitative estimate of drug-likeness (QED) is 0.668. The second-order valence-electron chi connectivity index (χ2n) is 9.25. The molecule has 0 saturated carbocycles. The number of rotatable bonds is 5. The summed E-state index contributed by atoms with van der Waals surface area (Å²) in [5.41, 5.74) is 0.0442. The minimum atomic E-state index is -1.29. The van der Waals surface area contributed by atoms with Crippen LogP contribution in [0.1, 0.15) is 49.6 Å². The Bertz CT molecular complexity index is 1150. The van der Waals surface area contributed by atoms with Crippen LogP contribution in [-0.4, -0.2) is 51.2 Å². The van der Waals surface area contributed by atoms with Gasteiger partial charge in [-0.05, 0) is 31.7 Å². The number of hydrogen-bond donors (Lipinski definition) is 1. The van der Waals surface area contributed by atoms with E-state index in [1.54, 1.807) is 6.92 Å². The van der Waals surface area contributed by atoms with Gasteiger partial charge in [-0.15, -0.1) is 0 Å². The molecule has 1 aromatic carbocycles. The molecule has 2 bridgehead atoms. The molecule has 5 heterocycles. The molecule has 4 aliphatic rings. The highest BCUT2D eigenvalue weighted by atomic mass is 31.2. The van der Waals surface area contributed by atoms with Crippen LogP contribution < -0.4 is 11.2 Å². The summed E-state index contributed by atoms with van der Waals surface area (Å²) >= 11 is 0. The molecule has 1 N–H and O–H groups in total. The maximum Gasteiger partial charge on any atom is 0.330 e. The van der Waals surface area contributed by atoms with Gasteiger partial charge in [0.05, 0.1) is 6.61 Å². The Morgan fingerprint density at radius 3 is 2.88 bits per heavy atom. The molecule has 10 heteroatoms. The average Bonchev–Trinajstić information content (AvgIpc) is 3.58. The summed E-state index contributed by atoms with van der Waals surface area (Å²) in [4.78, 5) is 26.8. The predicted octanol–water partition coefficient (Wildman–Crippen LogP) is 2.77. The van der Waals surface area contributed by atoms with E-state index in [2.05, 4.69) is 21.8 Å². The van der Waals surface area contributed by atoms with Crippen molar-refractivity contribution in [1.29, 1.82) is 0 Å². The summed E-state index contributed by atoms with van der Waals surface area (Å²) in [7, 11) is -1.29. The first kappa shape index (κ1) is 21.6. The zero-order valence-corrected chi connectivity index (χ0v) is 19.6. The molecule has 4 saturated heterocycles. The van der Waals surface area contributed by atoms with Crippen molar-refractivity contribution in [2.75, 3.05) is 13.2 Å². The van der Waals surface area contributed by atoms with Gasteiger partial charge in [0.1, 0.15) is 23.9 Å². The first-order valence-corrected chi connectivity index (χ1v) is 12.7. The number of nitrogens with zero attached hydrogens (tertiary/aromatic N) is 2. The van der Waals surface area contributed by atoms with Crippen LogP contribution in [-0.2, 0) is 18.5 Å². The summed E-state index contributed by atoms with van der Waals surface area (Å²) in [6.45, 7) is 5.06. The SMILES string of the molecule is CC[C@@]12COC([C@H](n3cc(C)c(=O)[nH]c3=O)O1)[C@H]2O[P@@]1O[C@H](c2ccccc2)[C@@H]2CCCN21. The molecule has 0 radical (unpaired) electrons. The molecule has 6 rings (SSSR count). The van der Waals surface area contributed by atoms with E-state index in [-0.39, 0.29) is 12.2 Å². The number of aromatic nitrogens is 2. The van der Waals surface area contributed by atoms with Gasteiger partial charge in [-0.1, -0.05) is 37.3 Å². The number of aromatic amines is 1. The van der Waals surface area contributed by atoms with Gasteiger partial charge in [0, 0.05) is 24.3 Å². The van der Waals surface area contributed by atoms with Crippen LogP contribution in [0.15, 0.2) is 46.1 Å². The lowest BCUT2D eigenvalue weighted by molar-refractivity contribution is -0.175. The Kier molecular flexibility index (Phi) is 5.32. The molecule has 4 aliphatic heterocycles. The van der Waals surface area contributed by atoms with E-state index in [9.17, 15) is 9.59 Å². The summed E-state index contributed by atoms with van der Waals surface area (Å²) < 4.78 is 29.6. The number of nitrogens with one attached hydrogen (secondary N) is 1. The number of benzene rings is 1. The second kappa shape index (κ2) is 8.12. The van der Waals surface area contributed by atoms with Crippen molar-refractivity contribution in [2.45, 2.75) is 69.3 Å². The van der Waals surface area contributed by atoms with Crippen LogP contribution in [0.25, 0.3) is 0 Å². The van der Waals surface area contributed by atoms with Crippen molar-refractivity contribution in [3.8, 4) is 0 Å². The third-order valence-electron chi connectivity index (χ3n) is 7.36. The molecule has 176 valence electrons. The Labute approximate surface area is 192 Å². The van der Waals surface area contributed by atoms with Crippen LogP contribution in [0.5, 0.6) is 0 Å². The highest BCUT2D eigenvalue weighted by Crippen LogP contribution is 2.63. The smallest absolute Gasteiger partial charge is 0.330 e. The fourth-order valence-electron chi connectivity index (χ4n) is 5.50. The van der Waals surface area contributed by atoms with Crippen LogP contribution in [0.3, 0.4) is 0 Å². The molecule has 7 atom stereocenters. The zero-order valence-electron chi connectivity index (χ0n) is 18.7. The van der Waals surface area contributed by atoms with E-state index in [1.165, 1.54) is 16.3 Å². The van der Waals surface area contributed by atoms with Crippen LogP contribution in [0.2, 0.25) is 0 Å². The summed E-state index contributed by atoms with van der Waals surface area (Å²) in [5.74, 6) is 0. The fourth-order valence-corrected chi connectivity index (χ4v) is 7.54. The van der Waals surface area contributed by atoms with Crippen molar-refractivity contribution in [1.82, 2.24) is 14.2 Å². The Morgan fingerprint density at radius 1 is 1.27 bits per heavy atom. The molecule has 0 aliphatic carbocycles. The van der Waals surface area contributed by atoms with Crippen molar-refractivity contribution >= 4 is 8.53 Å².